The van der Waals surface area contributed by atoms with Crippen molar-refractivity contribution in [2.24, 2.45) is 0 Å². The number of halogens is 1. The van der Waals surface area contributed by atoms with E-state index in [1.807, 2.05) is 18.2 Å². The van der Waals surface area contributed by atoms with Gasteiger partial charge in [-0.2, -0.15) is 0 Å². The van der Waals surface area contributed by atoms with Gasteiger partial charge in [0.1, 0.15) is 0 Å². The molecule has 0 aliphatic carbocycles. The van der Waals surface area contributed by atoms with Crippen molar-refractivity contribution in [3.63, 3.8) is 0 Å². The number of aryl methyl sites for hydroxylation is 1. The molecule has 0 N–H and O–H groups in total. The SMILES string of the molecule is Cc1ccc(Cl)cc1N1CCN(C(=O)C(=O)N2CCCC2)CC1. The Hall–Kier alpha value is -1.75. The van der Waals surface area contributed by atoms with Crippen molar-refractivity contribution in [2.45, 2.75) is 19.8 Å². The number of hydrogen-bond donors (Lipinski definition) is 0. The van der Waals surface area contributed by atoms with Crippen LogP contribution in [0.3, 0.4) is 0 Å². The summed E-state index contributed by atoms with van der Waals surface area (Å²) in [6.07, 6.45) is 2.00. The lowest BCUT2D eigenvalue weighted by Crippen LogP contribution is -2.53. The zero-order chi connectivity index (χ0) is 16.4. The van der Waals surface area contributed by atoms with Crippen LogP contribution in [0.15, 0.2) is 18.2 Å². The molecule has 0 atom stereocenters. The molecule has 1 aromatic rings. The number of amides is 2. The largest absolute Gasteiger partial charge is 0.368 e. The van der Waals surface area contributed by atoms with Crippen molar-refractivity contribution < 1.29 is 9.59 Å². The van der Waals surface area contributed by atoms with Crippen LogP contribution in [0.4, 0.5) is 5.69 Å². The van der Waals surface area contributed by atoms with E-state index in [-0.39, 0.29) is 11.8 Å². The molecule has 3 rings (SSSR count). The second-order valence-corrected chi connectivity index (χ2v) is 6.65. The van der Waals surface area contributed by atoms with Crippen molar-refractivity contribution in [1.29, 1.82) is 0 Å². The molecule has 2 aliphatic rings. The average Bonchev–Trinajstić information content (AvgIpc) is 3.10. The Morgan fingerprint density at radius 1 is 0.913 bits per heavy atom. The molecule has 23 heavy (non-hydrogen) atoms. The number of nitrogens with zero attached hydrogens (tertiary/aromatic N) is 3. The zero-order valence-corrected chi connectivity index (χ0v) is 14.2. The third kappa shape index (κ3) is 3.44. The zero-order valence-electron chi connectivity index (χ0n) is 13.4. The fraction of sp³-hybridized carbons (Fsp3) is 0.529. The van der Waals surface area contributed by atoms with Crippen LogP contribution in [0.1, 0.15) is 18.4 Å². The average molecular weight is 336 g/mol. The van der Waals surface area contributed by atoms with Gasteiger partial charge in [0.2, 0.25) is 0 Å². The minimum Gasteiger partial charge on any atom is -0.368 e. The van der Waals surface area contributed by atoms with Gasteiger partial charge in [-0.05, 0) is 37.5 Å². The van der Waals surface area contributed by atoms with Crippen molar-refractivity contribution in [3.05, 3.63) is 28.8 Å². The molecule has 2 fully saturated rings. The maximum atomic E-state index is 12.3. The maximum Gasteiger partial charge on any atom is 0.312 e. The molecular weight excluding hydrogens is 314 g/mol. The molecule has 0 bridgehead atoms. The summed E-state index contributed by atoms with van der Waals surface area (Å²) >= 11 is 6.09. The Bertz CT molecular complexity index is 606. The van der Waals surface area contributed by atoms with Gasteiger partial charge in [-0.25, -0.2) is 0 Å². The first-order valence-corrected chi connectivity index (χ1v) is 8.53. The van der Waals surface area contributed by atoms with E-state index in [4.69, 9.17) is 11.6 Å². The van der Waals surface area contributed by atoms with Crippen molar-refractivity contribution in [3.8, 4) is 0 Å². The Morgan fingerprint density at radius 2 is 1.48 bits per heavy atom. The van der Waals surface area contributed by atoms with E-state index in [0.29, 0.717) is 31.2 Å². The van der Waals surface area contributed by atoms with Gasteiger partial charge < -0.3 is 14.7 Å². The number of benzene rings is 1. The number of piperazine rings is 1. The monoisotopic (exact) mass is 335 g/mol. The fourth-order valence-corrected chi connectivity index (χ4v) is 3.43. The first kappa shape index (κ1) is 16.1. The van der Waals surface area contributed by atoms with Gasteiger partial charge in [-0.1, -0.05) is 17.7 Å². The molecule has 2 amide bonds. The summed E-state index contributed by atoms with van der Waals surface area (Å²) in [5.74, 6) is -0.691. The summed E-state index contributed by atoms with van der Waals surface area (Å²) in [6.45, 7) is 6.08. The number of rotatable bonds is 1. The number of carbonyl (C=O) groups is 2. The number of anilines is 1. The number of hydrogen-bond acceptors (Lipinski definition) is 3. The third-order valence-electron chi connectivity index (χ3n) is 4.65. The maximum absolute atomic E-state index is 12.3. The molecule has 2 saturated heterocycles. The van der Waals surface area contributed by atoms with Gasteiger partial charge in [-0.15, -0.1) is 0 Å². The number of carbonyl (C=O) groups excluding carboxylic acids is 2. The molecule has 0 unspecified atom stereocenters. The van der Waals surface area contributed by atoms with Crippen LogP contribution in [0, 0.1) is 6.92 Å². The lowest BCUT2D eigenvalue weighted by Gasteiger charge is -2.37. The third-order valence-corrected chi connectivity index (χ3v) is 4.89. The van der Waals surface area contributed by atoms with E-state index in [0.717, 1.165) is 31.6 Å². The summed E-state index contributed by atoms with van der Waals surface area (Å²) in [5.41, 5.74) is 2.28. The summed E-state index contributed by atoms with van der Waals surface area (Å²) < 4.78 is 0. The van der Waals surface area contributed by atoms with Crippen LogP contribution < -0.4 is 4.90 Å². The molecule has 0 saturated carbocycles. The smallest absolute Gasteiger partial charge is 0.312 e. The minimum atomic E-state index is -0.352. The highest BCUT2D eigenvalue weighted by atomic mass is 35.5. The quantitative estimate of drug-likeness (QED) is 0.736. The predicted octanol–water partition coefficient (Wildman–Crippen LogP) is 1.92. The highest BCUT2D eigenvalue weighted by Gasteiger charge is 2.30. The Labute approximate surface area is 141 Å². The van der Waals surface area contributed by atoms with Crippen LogP contribution in [0.5, 0.6) is 0 Å². The van der Waals surface area contributed by atoms with E-state index in [9.17, 15) is 9.59 Å². The van der Waals surface area contributed by atoms with E-state index in [1.54, 1.807) is 9.80 Å². The highest BCUT2D eigenvalue weighted by Crippen LogP contribution is 2.25. The Morgan fingerprint density at radius 3 is 2.09 bits per heavy atom. The first-order valence-electron chi connectivity index (χ1n) is 8.15. The fourth-order valence-electron chi connectivity index (χ4n) is 3.26. The van der Waals surface area contributed by atoms with E-state index < -0.39 is 0 Å². The topological polar surface area (TPSA) is 43.9 Å². The van der Waals surface area contributed by atoms with Crippen LogP contribution in [-0.4, -0.2) is 60.9 Å². The lowest BCUT2D eigenvalue weighted by molar-refractivity contribution is -0.151. The van der Waals surface area contributed by atoms with Gasteiger partial charge in [0.15, 0.2) is 0 Å². The molecule has 0 spiro atoms. The van der Waals surface area contributed by atoms with Gasteiger partial charge in [0.05, 0.1) is 0 Å². The normalized spacial score (nSPS) is 18.4. The molecule has 124 valence electrons. The van der Waals surface area contributed by atoms with Crippen molar-refractivity contribution in [2.75, 3.05) is 44.2 Å². The van der Waals surface area contributed by atoms with Gasteiger partial charge in [-0.3, -0.25) is 9.59 Å². The van der Waals surface area contributed by atoms with Crippen LogP contribution in [0.2, 0.25) is 5.02 Å². The molecule has 0 radical (unpaired) electrons. The summed E-state index contributed by atoms with van der Waals surface area (Å²) in [4.78, 5) is 30.1. The van der Waals surface area contributed by atoms with Crippen LogP contribution >= 0.6 is 11.6 Å². The Balaban J connectivity index is 1.60. The van der Waals surface area contributed by atoms with E-state index in [1.165, 1.54) is 5.56 Å². The highest BCUT2D eigenvalue weighted by molar-refractivity contribution is 6.35. The van der Waals surface area contributed by atoms with Gasteiger partial charge in [0, 0.05) is 50.0 Å². The molecule has 2 aliphatic heterocycles. The molecular formula is C17H22ClN3O2. The molecule has 6 heteroatoms. The minimum absolute atomic E-state index is 0.338. The van der Waals surface area contributed by atoms with Gasteiger partial charge in [0.25, 0.3) is 0 Å². The standard InChI is InChI=1S/C17H22ClN3O2/c1-13-4-5-14(18)12-15(13)19-8-10-21(11-9-19)17(23)16(22)20-6-2-3-7-20/h4-5,12H,2-3,6-11H2,1H3. The summed E-state index contributed by atoms with van der Waals surface area (Å²) in [6, 6.07) is 5.85. The summed E-state index contributed by atoms with van der Waals surface area (Å²) in [5, 5.41) is 0.716. The van der Waals surface area contributed by atoms with Crippen molar-refractivity contribution in [1.82, 2.24) is 9.80 Å². The van der Waals surface area contributed by atoms with Gasteiger partial charge >= 0.3 is 11.8 Å². The second kappa shape index (κ2) is 6.79. The second-order valence-electron chi connectivity index (χ2n) is 6.21. The summed E-state index contributed by atoms with van der Waals surface area (Å²) in [7, 11) is 0. The predicted molar refractivity (Wildman–Crippen MR) is 90.8 cm³/mol. The first-order chi connectivity index (χ1) is 11.1. The van der Waals surface area contributed by atoms with Crippen LogP contribution in [0.25, 0.3) is 0 Å². The Kier molecular flexibility index (Phi) is 4.76. The van der Waals surface area contributed by atoms with Crippen LogP contribution in [-0.2, 0) is 9.59 Å². The lowest BCUT2D eigenvalue weighted by atomic mass is 10.1. The number of likely N-dealkylation sites (tertiary alicyclic amines) is 1. The molecule has 1 aromatic carbocycles. The molecule has 0 aromatic heterocycles. The molecule has 2 heterocycles. The van der Waals surface area contributed by atoms with Crippen molar-refractivity contribution >= 4 is 29.1 Å². The molecule has 5 nitrogen and oxygen atoms in total. The van der Waals surface area contributed by atoms with E-state index in [2.05, 4.69) is 11.8 Å². The van der Waals surface area contributed by atoms with E-state index >= 15 is 0 Å².